The minimum Gasteiger partial charge on any atom is -0.372 e. The van der Waals surface area contributed by atoms with Gasteiger partial charge in [-0.3, -0.25) is 4.90 Å². The van der Waals surface area contributed by atoms with Crippen molar-refractivity contribution in [3.05, 3.63) is 70.9 Å². The van der Waals surface area contributed by atoms with Gasteiger partial charge in [0, 0.05) is 36.8 Å². The van der Waals surface area contributed by atoms with Crippen LogP contribution in [0.25, 0.3) is 10.9 Å². The summed E-state index contributed by atoms with van der Waals surface area (Å²) in [6, 6.07) is 15.6. The molecule has 1 aliphatic heterocycles. The quantitative estimate of drug-likeness (QED) is 0.692. The lowest BCUT2D eigenvalue weighted by Gasteiger charge is -2.55. The number of H-pyrrole nitrogens is 1. The molecule has 2 heterocycles. The van der Waals surface area contributed by atoms with Crippen molar-refractivity contribution in [3.8, 4) is 0 Å². The fourth-order valence-corrected chi connectivity index (χ4v) is 4.71. The van der Waals surface area contributed by atoms with Gasteiger partial charge in [0.25, 0.3) is 0 Å². The molecule has 1 aromatic heterocycles. The molecule has 1 fully saturated rings. The second kappa shape index (κ2) is 6.57. The van der Waals surface area contributed by atoms with Crippen LogP contribution in [0.15, 0.2) is 48.7 Å². The summed E-state index contributed by atoms with van der Waals surface area (Å²) in [5, 5.41) is 1.35. The summed E-state index contributed by atoms with van der Waals surface area (Å²) in [6.45, 7) is 11.4. The van der Waals surface area contributed by atoms with Crippen molar-refractivity contribution < 1.29 is 4.74 Å². The number of benzene rings is 2. The first-order chi connectivity index (χ1) is 12.5. The molecule has 0 amide bonds. The molecule has 136 valence electrons. The van der Waals surface area contributed by atoms with E-state index in [1.165, 1.54) is 33.2 Å². The van der Waals surface area contributed by atoms with Gasteiger partial charge in [0.2, 0.25) is 0 Å². The van der Waals surface area contributed by atoms with Crippen LogP contribution in [0.1, 0.15) is 42.1 Å². The Morgan fingerprint density at radius 2 is 1.92 bits per heavy atom. The van der Waals surface area contributed by atoms with E-state index in [4.69, 9.17) is 4.74 Å². The molecule has 2 aromatic carbocycles. The molecule has 0 bridgehead atoms. The SMILES string of the molecule is CCOC1(C)CN(Cc2c(C)cc(C)c3[nH]ccc23)C1c1ccccc1. The number of hydrogen-bond acceptors (Lipinski definition) is 2. The highest BCUT2D eigenvalue weighted by Crippen LogP contribution is 2.46. The Hall–Kier alpha value is -2.10. The molecule has 3 heteroatoms. The molecular formula is C23H28N2O. The summed E-state index contributed by atoms with van der Waals surface area (Å²) in [7, 11) is 0. The summed E-state index contributed by atoms with van der Waals surface area (Å²) >= 11 is 0. The molecular weight excluding hydrogens is 320 g/mol. The molecule has 0 saturated carbocycles. The number of aromatic amines is 1. The number of aromatic nitrogens is 1. The third-order valence-corrected chi connectivity index (χ3v) is 5.79. The lowest BCUT2D eigenvalue weighted by atomic mass is 9.79. The molecule has 1 aliphatic rings. The van der Waals surface area contributed by atoms with Crippen LogP contribution in [0.4, 0.5) is 0 Å². The van der Waals surface area contributed by atoms with Crippen LogP contribution in [0.3, 0.4) is 0 Å². The zero-order valence-electron chi connectivity index (χ0n) is 16.2. The molecule has 1 saturated heterocycles. The molecule has 4 rings (SSSR count). The molecule has 26 heavy (non-hydrogen) atoms. The van der Waals surface area contributed by atoms with Crippen LogP contribution in [0.2, 0.25) is 0 Å². The second-order valence-corrected chi connectivity index (χ2v) is 7.72. The minimum absolute atomic E-state index is 0.119. The first kappa shape index (κ1) is 17.3. The van der Waals surface area contributed by atoms with E-state index in [0.29, 0.717) is 6.04 Å². The van der Waals surface area contributed by atoms with E-state index in [-0.39, 0.29) is 5.60 Å². The second-order valence-electron chi connectivity index (χ2n) is 7.72. The summed E-state index contributed by atoms with van der Waals surface area (Å²) in [6.07, 6.45) is 2.05. The number of ether oxygens (including phenoxy) is 1. The summed E-state index contributed by atoms with van der Waals surface area (Å²) < 4.78 is 6.17. The first-order valence-electron chi connectivity index (χ1n) is 9.52. The molecule has 2 atom stereocenters. The highest BCUT2D eigenvalue weighted by molar-refractivity contribution is 5.87. The number of nitrogens with one attached hydrogen (secondary N) is 1. The van der Waals surface area contributed by atoms with Crippen LogP contribution in [-0.2, 0) is 11.3 Å². The highest BCUT2D eigenvalue weighted by Gasteiger charge is 2.50. The predicted molar refractivity (Wildman–Crippen MR) is 107 cm³/mol. The third kappa shape index (κ3) is 2.76. The number of aryl methyl sites for hydroxylation is 2. The number of nitrogens with zero attached hydrogens (tertiary/aromatic N) is 1. The molecule has 0 spiro atoms. The topological polar surface area (TPSA) is 28.3 Å². The maximum atomic E-state index is 6.17. The number of likely N-dealkylation sites (tertiary alicyclic amines) is 1. The monoisotopic (exact) mass is 348 g/mol. The standard InChI is InChI=1S/C23H28N2O/c1-5-26-23(4)15-25(22(23)18-9-7-6-8-10-18)14-20-16(2)13-17(3)21-19(20)11-12-24-21/h6-13,22,24H,5,14-15H2,1-4H3. The van der Waals surface area contributed by atoms with Gasteiger partial charge in [0.1, 0.15) is 0 Å². The Balaban J connectivity index is 1.69. The summed E-state index contributed by atoms with van der Waals surface area (Å²) in [5.74, 6) is 0. The van der Waals surface area contributed by atoms with Crippen LogP contribution < -0.4 is 0 Å². The van der Waals surface area contributed by atoms with Gasteiger partial charge in [-0.15, -0.1) is 0 Å². The summed E-state index contributed by atoms with van der Waals surface area (Å²) in [5.41, 5.74) is 6.58. The van der Waals surface area contributed by atoms with Crippen molar-refractivity contribution in [2.75, 3.05) is 13.2 Å². The van der Waals surface area contributed by atoms with Gasteiger partial charge in [-0.2, -0.15) is 0 Å². The zero-order chi connectivity index (χ0) is 18.3. The Labute approximate surface area is 156 Å². The normalized spacial score (nSPS) is 23.3. The van der Waals surface area contributed by atoms with E-state index in [0.717, 1.165) is 19.7 Å². The molecule has 0 aliphatic carbocycles. The number of hydrogen-bond donors (Lipinski definition) is 1. The van der Waals surface area contributed by atoms with E-state index < -0.39 is 0 Å². The average molecular weight is 348 g/mol. The molecule has 2 unspecified atom stereocenters. The molecule has 1 N–H and O–H groups in total. The van der Waals surface area contributed by atoms with E-state index in [1.54, 1.807) is 0 Å². The molecule has 0 radical (unpaired) electrons. The Morgan fingerprint density at radius 1 is 1.15 bits per heavy atom. The number of fused-ring (bicyclic) bond motifs is 1. The highest BCUT2D eigenvalue weighted by atomic mass is 16.5. The van der Waals surface area contributed by atoms with Crippen molar-refractivity contribution in [1.82, 2.24) is 9.88 Å². The lowest BCUT2D eigenvalue weighted by Crippen LogP contribution is -2.62. The zero-order valence-corrected chi connectivity index (χ0v) is 16.2. The molecule has 3 aromatic rings. The third-order valence-electron chi connectivity index (χ3n) is 5.79. The van der Waals surface area contributed by atoms with Crippen LogP contribution >= 0.6 is 0 Å². The van der Waals surface area contributed by atoms with Gasteiger partial charge in [-0.1, -0.05) is 36.4 Å². The van der Waals surface area contributed by atoms with Gasteiger partial charge in [-0.25, -0.2) is 0 Å². The van der Waals surface area contributed by atoms with Crippen LogP contribution in [0, 0.1) is 13.8 Å². The maximum absolute atomic E-state index is 6.17. The largest absolute Gasteiger partial charge is 0.372 e. The van der Waals surface area contributed by atoms with Crippen molar-refractivity contribution in [3.63, 3.8) is 0 Å². The first-order valence-corrected chi connectivity index (χ1v) is 9.52. The Kier molecular flexibility index (Phi) is 4.37. The molecule has 3 nitrogen and oxygen atoms in total. The van der Waals surface area contributed by atoms with Gasteiger partial charge in [-0.05, 0) is 56.0 Å². The minimum atomic E-state index is -0.119. The Morgan fingerprint density at radius 3 is 2.65 bits per heavy atom. The van der Waals surface area contributed by atoms with E-state index in [2.05, 4.69) is 86.2 Å². The average Bonchev–Trinajstić information content (AvgIpc) is 3.09. The van der Waals surface area contributed by atoms with Crippen molar-refractivity contribution in [1.29, 1.82) is 0 Å². The fourth-order valence-electron chi connectivity index (χ4n) is 4.71. The fraction of sp³-hybridized carbons (Fsp3) is 0.391. The van der Waals surface area contributed by atoms with Gasteiger partial charge < -0.3 is 9.72 Å². The van der Waals surface area contributed by atoms with Gasteiger partial charge in [0.15, 0.2) is 0 Å². The van der Waals surface area contributed by atoms with Gasteiger partial charge in [0.05, 0.1) is 11.6 Å². The Bertz CT molecular complexity index is 915. The van der Waals surface area contributed by atoms with Crippen molar-refractivity contribution in [2.24, 2.45) is 0 Å². The predicted octanol–water partition coefficient (Wildman–Crippen LogP) is 5.14. The van der Waals surface area contributed by atoms with Crippen LogP contribution in [0.5, 0.6) is 0 Å². The summed E-state index contributed by atoms with van der Waals surface area (Å²) in [4.78, 5) is 5.95. The smallest absolute Gasteiger partial charge is 0.0976 e. The van der Waals surface area contributed by atoms with Crippen molar-refractivity contribution >= 4 is 10.9 Å². The number of rotatable bonds is 5. The lowest BCUT2D eigenvalue weighted by molar-refractivity contribution is -0.181. The van der Waals surface area contributed by atoms with Gasteiger partial charge >= 0.3 is 0 Å². The van der Waals surface area contributed by atoms with Crippen molar-refractivity contribution in [2.45, 2.75) is 45.9 Å². The van der Waals surface area contributed by atoms with E-state index in [1.807, 2.05) is 0 Å². The van der Waals surface area contributed by atoms with E-state index in [9.17, 15) is 0 Å². The van der Waals surface area contributed by atoms with Crippen LogP contribution in [-0.4, -0.2) is 28.6 Å². The maximum Gasteiger partial charge on any atom is 0.0976 e. The van der Waals surface area contributed by atoms with E-state index >= 15 is 0 Å².